The van der Waals surface area contributed by atoms with E-state index in [1.165, 1.54) is 0 Å². The molecule has 31 heavy (non-hydrogen) atoms. The van der Waals surface area contributed by atoms with Gasteiger partial charge in [-0.05, 0) is 41.1 Å². The molecule has 0 bridgehead atoms. The molecule has 4 nitrogen and oxygen atoms in total. The van der Waals surface area contributed by atoms with Gasteiger partial charge in [-0.2, -0.15) is 0 Å². The van der Waals surface area contributed by atoms with E-state index < -0.39 is 0 Å². The van der Waals surface area contributed by atoms with Crippen molar-refractivity contribution in [1.29, 1.82) is 0 Å². The van der Waals surface area contributed by atoms with E-state index in [0.717, 1.165) is 14.9 Å². The van der Waals surface area contributed by atoms with Gasteiger partial charge in [-0.1, -0.05) is 72.2 Å². The third-order valence-electron chi connectivity index (χ3n) is 4.77. The monoisotopic (exact) mass is 498 g/mol. The molecule has 2 amide bonds. The van der Waals surface area contributed by atoms with Gasteiger partial charge in [0.15, 0.2) is 0 Å². The maximum absolute atomic E-state index is 13.4. The first-order chi connectivity index (χ1) is 14.9. The van der Waals surface area contributed by atoms with Gasteiger partial charge in [0.2, 0.25) is 5.91 Å². The van der Waals surface area contributed by atoms with Crippen LogP contribution in [0.25, 0.3) is 0 Å². The van der Waals surface area contributed by atoms with Crippen molar-refractivity contribution in [1.82, 2.24) is 9.80 Å². The van der Waals surface area contributed by atoms with Crippen molar-refractivity contribution in [3.8, 4) is 0 Å². The molecule has 162 valence electrons. The summed E-state index contributed by atoms with van der Waals surface area (Å²) in [6.07, 6.45) is 0. The Hall–Kier alpha value is -2.44. The molecule has 0 aliphatic rings. The van der Waals surface area contributed by atoms with Crippen LogP contribution >= 0.6 is 27.3 Å². The minimum Gasteiger partial charge on any atom is -0.332 e. The number of rotatable bonds is 9. The molecule has 0 N–H and O–H groups in total. The number of hydrogen-bond donors (Lipinski definition) is 0. The lowest BCUT2D eigenvalue weighted by molar-refractivity contribution is -0.133. The Balaban J connectivity index is 1.80. The molecule has 0 aliphatic carbocycles. The Morgan fingerprint density at radius 2 is 1.71 bits per heavy atom. The molecular weight excluding hydrogens is 472 g/mol. The lowest BCUT2D eigenvalue weighted by Crippen LogP contribution is -2.43. The van der Waals surface area contributed by atoms with Gasteiger partial charge in [0, 0.05) is 28.0 Å². The topological polar surface area (TPSA) is 40.6 Å². The Morgan fingerprint density at radius 1 is 0.935 bits per heavy atom. The summed E-state index contributed by atoms with van der Waals surface area (Å²) >= 11 is 5.06. The van der Waals surface area contributed by atoms with Crippen LogP contribution < -0.4 is 0 Å². The van der Waals surface area contributed by atoms with Crippen LogP contribution in [0.1, 0.15) is 34.6 Å². The normalized spacial score (nSPS) is 10.8. The highest BCUT2D eigenvalue weighted by atomic mass is 79.9. The summed E-state index contributed by atoms with van der Waals surface area (Å²) in [5, 5.41) is 2.02. The van der Waals surface area contributed by atoms with Crippen LogP contribution in [0, 0.1) is 5.92 Å². The molecule has 0 spiro atoms. The first-order valence-corrected chi connectivity index (χ1v) is 12.0. The summed E-state index contributed by atoms with van der Waals surface area (Å²) in [6.45, 7) is 5.74. The van der Waals surface area contributed by atoms with E-state index in [0.29, 0.717) is 25.2 Å². The first kappa shape index (κ1) is 23.2. The van der Waals surface area contributed by atoms with E-state index in [1.807, 2.05) is 64.9 Å². The van der Waals surface area contributed by atoms with Crippen molar-refractivity contribution in [3.63, 3.8) is 0 Å². The zero-order chi connectivity index (χ0) is 22.2. The smallest absolute Gasteiger partial charge is 0.254 e. The van der Waals surface area contributed by atoms with Crippen molar-refractivity contribution in [3.05, 3.63) is 92.6 Å². The number of hydrogen-bond acceptors (Lipinski definition) is 3. The zero-order valence-electron chi connectivity index (χ0n) is 17.8. The van der Waals surface area contributed by atoms with Crippen molar-refractivity contribution < 1.29 is 9.59 Å². The molecule has 1 aromatic heterocycles. The fourth-order valence-corrected chi connectivity index (χ4v) is 4.47. The van der Waals surface area contributed by atoms with Crippen molar-refractivity contribution >= 4 is 39.1 Å². The predicted molar refractivity (Wildman–Crippen MR) is 130 cm³/mol. The fraction of sp³-hybridized carbons (Fsp3) is 0.280. The highest BCUT2D eigenvalue weighted by molar-refractivity contribution is 9.10. The summed E-state index contributed by atoms with van der Waals surface area (Å²) in [7, 11) is 0. The van der Waals surface area contributed by atoms with Gasteiger partial charge >= 0.3 is 0 Å². The van der Waals surface area contributed by atoms with Crippen LogP contribution in [-0.2, 0) is 17.9 Å². The Labute approximate surface area is 196 Å². The molecule has 3 rings (SSSR count). The van der Waals surface area contributed by atoms with Gasteiger partial charge in [0.25, 0.3) is 5.91 Å². The van der Waals surface area contributed by atoms with Gasteiger partial charge in [-0.15, -0.1) is 11.3 Å². The van der Waals surface area contributed by atoms with E-state index in [1.54, 1.807) is 28.4 Å². The quantitative estimate of drug-likeness (QED) is 0.371. The Bertz CT molecular complexity index is 990. The van der Waals surface area contributed by atoms with Crippen LogP contribution in [0.2, 0.25) is 0 Å². The number of halogens is 1. The first-order valence-electron chi connectivity index (χ1n) is 10.3. The molecule has 3 aromatic rings. The zero-order valence-corrected chi connectivity index (χ0v) is 20.2. The number of amides is 2. The maximum atomic E-state index is 13.4. The summed E-state index contributed by atoms with van der Waals surface area (Å²) < 4.78 is 0.845. The second-order valence-corrected chi connectivity index (χ2v) is 9.85. The second kappa shape index (κ2) is 11.3. The highest BCUT2D eigenvalue weighted by Gasteiger charge is 2.24. The van der Waals surface area contributed by atoms with E-state index in [-0.39, 0.29) is 24.3 Å². The van der Waals surface area contributed by atoms with E-state index in [4.69, 9.17) is 0 Å². The standard InChI is InChI=1S/C25H27BrN2O2S/c1-19(2)15-28(25(30)21-10-6-11-22(26)14-21)18-24(29)27(17-23-12-7-13-31-23)16-20-8-4-3-5-9-20/h3-14,19H,15-18H2,1-2H3. The van der Waals surface area contributed by atoms with Crippen molar-refractivity contribution in [2.45, 2.75) is 26.9 Å². The Kier molecular flexibility index (Phi) is 8.43. The lowest BCUT2D eigenvalue weighted by atomic mass is 10.1. The van der Waals surface area contributed by atoms with Crippen LogP contribution in [0.15, 0.2) is 76.6 Å². The molecule has 6 heteroatoms. The number of nitrogens with zero attached hydrogens (tertiary/aromatic N) is 2. The molecule has 0 atom stereocenters. The molecule has 0 saturated carbocycles. The molecule has 0 unspecified atom stereocenters. The second-order valence-electron chi connectivity index (χ2n) is 7.90. The number of benzene rings is 2. The molecule has 1 heterocycles. The average Bonchev–Trinajstić information content (AvgIpc) is 3.26. The minimum absolute atomic E-state index is 0.0544. The molecule has 0 aliphatic heterocycles. The highest BCUT2D eigenvalue weighted by Crippen LogP contribution is 2.17. The third kappa shape index (κ3) is 7.04. The number of carbonyl (C=O) groups is 2. The lowest BCUT2D eigenvalue weighted by Gasteiger charge is -2.29. The van der Waals surface area contributed by atoms with Crippen LogP contribution in [0.4, 0.5) is 0 Å². The predicted octanol–water partition coefficient (Wildman–Crippen LogP) is 5.84. The minimum atomic E-state index is -0.126. The van der Waals surface area contributed by atoms with Crippen molar-refractivity contribution in [2.24, 2.45) is 5.92 Å². The number of carbonyl (C=O) groups excluding carboxylic acids is 2. The average molecular weight is 499 g/mol. The van der Waals surface area contributed by atoms with Crippen LogP contribution in [0.3, 0.4) is 0 Å². The van der Waals surface area contributed by atoms with Gasteiger partial charge in [0.05, 0.1) is 6.54 Å². The summed E-state index contributed by atoms with van der Waals surface area (Å²) in [6, 6.07) is 21.3. The molecule has 0 saturated heterocycles. The van der Waals surface area contributed by atoms with E-state index >= 15 is 0 Å². The third-order valence-corrected chi connectivity index (χ3v) is 6.12. The Morgan fingerprint density at radius 3 is 2.35 bits per heavy atom. The largest absolute Gasteiger partial charge is 0.332 e. The van der Waals surface area contributed by atoms with Gasteiger partial charge < -0.3 is 9.80 Å². The van der Waals surface area contributed by atoms with Crippen LogP contribution in [0.5, 0.6) is 0 Å². The fourth-order valence-electron chi connectivity index (χ4n) is 3.35. The molecule has 0 fully saturated rings. The molecule has 0 radical (unpaired) electrons. The summed E-state index contributed by atoms with van der Waals surface area (Å²) in [5.74, 6) is 0.0733. The molecule has 2 aromatic carbocycles. The number of thiophene rings is 1. The SMILES string of the molecule is CC(C)CN(CC(=O)N(Cc1ccccc1)Cc1cccs1)C(=O)c1cccc(Br)c1. The maximum Gasteiger partial charge on any atom is 0.254 e. The summed E-state index contributed by atoms with van der Waals surface area (Å²) in [4.78, 5) is 31.2. The van der Waals surface area contributed by atoms with Crippen LogP contribution in [-0.4, -0.2) is 34.7 Å². The van der Waals surface area contributed by atoms with E-state index in [9.17, 15) is 9.59 Å². The van der Waals surface area contributed by atoms with Gasteiger partial charge in [0.1, 0.15) is 6.54 Å². The summed E-state index contributed by atoms with van der Waals surface area (Å²) in [5.41, 5.74) is 1.65. The van der Waals surface area contributed by atoms with E-state index in [2.05, 4.69) is 29.8 Å². The van der Waals surface area contributed by atoms with Gasteiger partial charge in [-0.3, -0.25) is 9.59 Å². The van der Waals surface area contributed by atoms with Gasteiger partial charge in [-0.25, -0.2) is 0 Å². The molecular formula is C25H27BrN2O2S. The van der Waals surface area contributed by atoms with Crippen molar-refractivity contribution in [2.75, 3.05) is 13.1 Å².